The van der Waals surface area contributed by atoms with Gasteiger partial charge in [-0.05, 0) is 33.3 Å². The molecule has 3 saturated heterocycles. The van der Waals surface area contributed by atoms with Crippen LogP contribution in [0.25, 0.3) is 0 Å². The zero-order chi connectivity index (χ0) is 19.2. The predicted molar refractivity (Wildman–Crippen MR) is 93.6 cm³/mol. The minimum Gasteiger partial charge on any atom is -0.455 e. The molecule has 4 rings (SSSR count). The molecule has 0 saturated carbocycles. The lowest BCUT2D eigenvalue weighted by Crippen LogP contribution is -2.59. The van der Waals surface area contributed by atoms with E-state index < -0.39 is 42.0 Å². The molecule has 0 amide bonds. The van der Waals surface area contributed by atoms with Crippen LogP contribution in [0.5, 0.6) is 0 Å². The molecule has 0 N–H and O–H groups in total. The first-order valence-corrected chi connectivity index (χ1v) is 9.28. The number of rotatable bonds is 4. The van der Waals surface area contributed by atoms with Crippen LogP contribution in [-0.2, 0) is 39.8 Å². The van der Waals surface area contributed by atoms with Crippen LogP contribution in [0.2, 0.25) is 0 Å². The van der Waals surface area contributed by atoms with Crippen molar-refractivity contribution < 1.29 is 33.2 Å². The number of benzene rings is 1. The Morgan fingerprint density at radius 1 is 0.963 bits per heavy atom. The van der Waals surface area contributed by atoms with E-state index in [1.165, 1.54) is 0 Å². The highest BCUT2D eigenvalue weighted by molar-refractivity contribution is 5.78. The van der Waals surface area contributed by atoms with Crippen molar-refractivity contribution in [1.82, 2.24) is 0 Å². The lowest BCUT2D eigenvalue weighted by atomic mass is 9.98. The second-order valence-electron chi connectivity index (χ2n) is 8.05. The molecule has 0 spiro atoms. The van der Waals surface area contributed by atoms with Gasteiger partial charge >= 0.3 is 5.97 Å². The molecule has 5 atom stereocenters. The van der Waals surface area contributed by atoms with Gasteiger partial charge in [0.1, 0.15) is 18.3 Å². The van der Waals surface area contributed by atoms with E-state index in [4.69, 9.17) is 28.4 Å². The average molecular weight is 378 g/mol. The van der Waals surface area contributed by atoms with Gasteiger partial charge in [0.2, 0.25) is 0 Å². The second-order valence-corrected chi connectivity index (χ2v) is 8.05. The Hall–Kier alpha value is -1.51. The van der Waals surface area contributed by atoms with Crippen molar-refractivity contribution in [3.05, 3.63) is 35.9 Å². The summed E-state index contributed by atoms with van der Waals surface area (Å²) >= 11 is 0. The third-order valence-corrected chi connectivity index (χ3v) is 4.94. The first-order valence-electron chi connectivity index (χ1n) is 9.28. The van der Waals surface area contributed by atoms with Crippen molar-refractivity contribution in [2.45, 2.75) is 76.4 Å². The Balaban J connectivity index is 1.51. The highest BCUT2D eigenvalue weighted by atomic mass is 16.8. The van der Waals surface area contributed by atoms with Crippen LogP contribution in [0.4, 0.5) is 0 Å². The molecule has 3 fully saturated rings. The summed E-state index contributed by atoms with van der Waals surface area (Å²) in [7, 11) is 0. The Morgan fingerprint density at radius 2 is 1.67 bits per heavy atom. The van der Waals surface area contributed by atoms with Gasteiger partial charge in [0, 0.05) is 0 Å². The lowest BCUT2D eigenvalue weighted by Gasteiger charge is -2.44. The fraction of sp³-hybridized carbons (Fsp3) is 0.650. The first-order chi connectivity index (χ1) is 12.7. The number of fused-ring (bicyclic) bond motifs is 1. The quantitative estimate of drug-likeness (QED) is 0.744. The molecule has 1 aromatic carbocycles. The molecule has 148 valence electrons. The second kappa shape index (κ2) is 6.83. The molecule has 3 aliphatic heterocycles. The van der Waals surface area contributed by atoms with Gasteiger partial charge in [-0.15, -0.1) is 0 Å². The molecule has 7 heteroatoms. The van der Waals surface area contributed by atoms with Gasteiger partial charge in [0.05, 0.1) is 13.2 Å². The summed E-state index contributed by atoms with van der Waals surface area (Å²) in [4.78, 5) is 12.5. The maximum Gasteiger partial charge on any atom is 0.338 e. The minimum atomic E-state index is -0.899. The van der Waals surface area contributed by atoms with Gasteiger partial charge < -0.3 is 28.4 Å². The van der Waals surface area contributed by atoms with Crippen LogP contribution in [0.15, 0.2) is 30.3 Å². The Morgan fingerprint density at radius 3 is 2.33 bits per heavy atom. The average Bonchev–Trinajstić information content (AvgIpc) is 3.11. The molecule has 7 nitrogen and oxygen atoms in total. The zero-order valence-corrected chi connectivity index (χ0v) is 16.0. The van der Waals surface area contributed by atoms with E-state index in [1.54, 1.807) is 0 Å². The minimum absolute atomic E-state index is 0.301. The van der Waals surface area contributed by atoms with Crippen molar-refractivity contribution in [3.63, 3.8) is 0 Å². The van der Waals surface area contributed by atoms with Gasteiger partial charge in [-0.1, -0.05) is 30.3 Å². The third-order valence-electron chi connectivity index (χ3n) is 4.94. The van der Waals surface area contributed by atoms with Gasteiger partial charge in [-0.3, -0.25) is 0 Å². The number of hydrogen-bond acceptors (Lipinski definition) is 7. The van der Waals surface area contributed by atoms with Gasteiger partial charge in [-0.25, -0.2) is 4.79 Å². The first kappa shape index (κ1) is 18.8. The van der Waals surface area contributed by atoms with E-state index in [0.717, 1.165) is 5.56 Å². The summed E-state index contributed by atoms with van der Waals surface area (Å²) in [5.74, 6) is -2.03. The Bertz CT molecular complexity index is 687. The molecule has 0 radical (unpaired) electrons. The van der Waals surface area contributed by atoms with Crippen LogP contribution in [-0.4, -0.2) is 54.7 Å². The lowest BCUT2D eigenvalue weighted by molar-refractivity contribution is -0.343. The largest absolute Gasteiger partial charge is 0.455 e. The number of carbonyl (C=O) groups is 1. The molecular formula is C20H26O7. The number of esters is 1. The molecule has 0 unspecified atom stereocenters. The molecule has 3 aliphatic rings. The maximum atomic E-state index is 12.5. The van der Waals surface area contributed by atoms with E-state index in [-0.39, 0.29) is 6.10 Å². The van der Waals surface area contributed by atoms with Crippen LogP contribution in [0, 0.1) is 0 Å². The van der Waals surface area contributed by atoms with Gasteiger partial charge in [0.15, 0.2) is 23.8 Å². The summed E-state index contributed by atoms with van der Waals surface area (Å²) in [5, 5.41) is 0. The SMILES string of the molecule is CC1(C)O[C@@H]2[C@@H](OC(=O)[C@@H]2OCc2ccccc2)[C@@H]([C@H]2COC(C)(C)O2)O1. The summed E-state index contributed by atoms with van der Waals surface area (Å²) < 4.78 is 35.2. The molecular weight excluding hydrogens is 352 g/mol. The number of carbonyl (C=O) groups excluding carboxylic acids is 1. The van der Waals surface area contributed by atoms with Crippen molar-refractivity contribution in [1.29, 1.82) is 0 Å². The van der Waals surface area contributed by atoms with Crippen LogP contribution < -0.4 is 0 Å². The standard InChI is InChI=1S/C20H26O7/c1-19(2)23-11-13(25-19)14-15-16(27-20(3,4)26-14)17(18(21)24-15)22-10-12-8-6-5-7-9-12/h5-9,13-17H,10-11H2,1-4H3/t13-,14-,15+,16-,17-/m1/s1. The van der Waals surface area contributed by atoms with Crippen molar-refractivity contribution in [3.8, 4) is 0 Å². The van der Waals surface area contributed by atoms with Crippen LogP contribution >= 0.6 is 0 Å². The predicted octanol–water partition coefficient (Wildman–Crippen LogP) is 2.17. The van der Waals surface area contributed by atoms with E-state index in [9.17, 15) is 4.79 Å². The number of ether oxygens (including phenoxy) is 6. The molecule has 27 heavy (non-hydrogen) atoms. The van der Waals surface area contributed by atoms with Crippen molar-refractivity contribution >= 4 is 5.97 Å². The van der Waals surface area contributed by atoms with E-state index >= 15 is 0 Å². The Kier molecular flexibility index (Phi) is 4.76. The van der Waals surface area contributed by atoms with Gasteiger partial charge in [0.25, 0.3) is 0 Å². The van der Waals surface area contributed by atoms with Crippen molar-refractivity contribution in [2.24, 2.45) is 0 Å². The van der Waals surface area contributed by atoms with Crippen molar-refractivity contribution in [2.75, 3.05) is 6.61 Å². The Labute approximate surface area is 158 Å². The third kappa shape index (κ3) is 3.88. The van der Waals surface area contributed by atoms with Crippen LogP contribution in [0.1, 0.15) is 33.3 Å². The van der Waals surface area contributed by atoms with Gasteiger partial charge in [-0.2, -0.15) is 0 Å². The molecule has 1 aromatic rings. The zero-order valence-electron chi connectivity index (χ0n) is 16.0. The highest BCUT2D eigenvalue weighted by Crippen LogP contribution is 2.40. The summed E-state index contributed by atoms with van der Waals surface area (Å²) in [6, 6.07) is 9.68. The molecule has 0 aromatic heterocycles. The smallest absolute Gasteiger partial charge is 0.338 e. The van der Waals surface area contributed by atoms with E-state index in [0.29, 0.717) is 13.2 Å². The van der Waals surface area contributed by atoms with Crippen LogP contribution in [0.3, 0.4) is 0 Å². The fourth-order valence-electron chi connectivity index (χ4n) is 3.80. The fourth-order valence-corrected chi connectivity index (χ4v) is 3.80. The summed E-state index contributed by atoms with van der Waals surface area (Å²) in [6.07, 6.45) is -2.82. The maximum absolute atomic E-state index is 12.5. The van der Waals surface area contributed by atoms with E-state index in [2.05, 4.69) is 0 Å². The molecule has 0 bridgehead atoms. The summed E-state index contributed by atoms with van der Waals surface area (Å²) in [5.41, 5.74) is 0.978. The van der Waals surface area contributed by atoms with E-state index in [1.807, 2.05) is 58.0 Å². The summed E-state index contributed by atoms with van der Waals surface area (Å²) in [6.45, 7) is 7.99. The normalized spacial score (nSPS) is 37.0. The number of hydrogen-bond donors (Lipinski definition) is 0. The topological polar surface area (TPSA) is 72.5 Å². The molecule has 0 aliphatic carbocycles. The monoisotopic (exact) mass is 378 g/mol. The highest BCUT2D eigenvalue weighted by Gasteiger charge is 2.59. The molecule has 3 heterocycles.